The molecule has 0 spiro atoms. The second kappa shape index (κ2) is 17.3. The number of benzene rings is 4. The number of aromatic nitrogens is 4. The van der Waals surface area contributed by atoms with Crippen molar-refractivity contribution < 1.29 is 0 Å². The summed E-state index contributed by atoms with van der Waals surface area (Å²) in [5, 5.41) is 6.16. The predicted molar refractivity (Wildman–Crippen MR) is 220 cm³/mol. The van der Waals surface area contributed by atoms with Crippen molar-refractivity contribution in [2.24, 2.45) is 0 Å². The maximum atomic E-state index is 13.4. The van der Waals surface area contributed by atoms with E-state index in [0.717, 1.165) is 58.9 Å². The van der Waals surface area contributed by atoms with Gasteiger partial charge < -0.3 is 10.2 Å². The number of rotatable bonds is 7. The van der Waals surface area contributed by atoms with Crippen molar-refractivity contribution in [1.29, 1.82) is 0 Å². The van der Waals surface area contributed by atoms with E-state index in [1.165, 1.54) is 0 Å². The van der Waals surface area contributed by atoms with Gasteiger partial charge in [0.15, 0.2) is 0 Å². The summed E-state index contributed by atoms with van der Waals surface area (Å²) in [7, 11) is 0. The van der Waals surface area contributed by atoms with Crippen LogP contribution in [0.1, 0.15) is 18.6 Å². The zero-order valence-electron chi connectivity index (χ0n) is 29.8. The fourth-order valence-electron chi connectivity index (χ4n) is 6.97. The Morgan fingerprint density at radius 3 is 1.35 bits per heavy atom. The van der Waals surface area contributed by atoms with Crippen molar-refractivity contribution in [1.82, 2.24) is 39.1 Å². The van der Waals surface area contributed by atoms with Crippen LogP contribution in [0.4, 0.5) is 0 Å². The van der Waals surface area contributed by atoms with Crippen LogP contribution >= 0.6 is 46.4 Å². The largest absolute Gasteiger partial charge is 0.314 e. The third-order valence-electron chi connectivity index (χ3n) is 9.86. The van der Waals surface area contributed by atoms with Crippen LogP contribution in [-0.4, -0.2) is 92.7 Å². The third-order valence-corrected chi connectivity index (χ3v) is 11.1. The van der Waals surface area contributed by atoms with Gasteiger partial charge in [-0.3, -0.25) is 28.5 Å². The number of likely N-dealkylation sites (N-methyl/N-ethyl adjacent to an activating group) is 1. The van der Waals surface area contributed by atoms with Gasteiger partial charge in [-0.2, -0.15) is 0 Å². The van der Waals surface area contributed by atoms with Gasteiger partial charge in [-0.1, -0.05) is 89.7 Å². The Morgan fingerprint density at radius 2 is 0.926 bits per heavy atom. The molecule has 280 valence electrons. The molecule has 0 radical (unpaired) electrons. The second-order valence-corrected chi connectivity index (χ2v) is 14.9. The van der Waals surface area contributed by atoms with Gasteiger partial charge in [-0.25, -0.2) is 9.97 Å². The van der Waals surface area contributed by atoms with Crippen LogP contribution in [0.15, 0.2) is 94.5 Å². The molecule has 54 heavy (non-hydrogen) atoms. The molecule has 4 heterocycles. The summed E-state index contributed by atoms with van der Waals surface area (Å²) < 4.78 is 3.15. The minimum atomic E-state index is -0.157. The summed E-state index contributed by atoms with van der Waals surface area (Å²) in [6.07, 6.45) is 0. The quantitative estimate of drug-likeness (QED) is 0.186. The molecule has 2 aliphatic heterocycles. The summed E-state index contributed by atoms with van der Waals surface area (Å²) in [4.78, 5) is 43.2. The van der Waals surface area contributed by atoms with Crippen LogP contribution in [0.25, 0.3) is 33.2 Å². The lowest BCUT2D eigenvalue weighted by Gasteiger charge is -2.34. The van der Waals surface area contributed by atoms with Crippen LogP contribution in [0.3, 0.4) is 0 Å². The number of nitrogens with zero attached hydrogens (tertiary/aromatic N) is 7. The monoisotopic (exact) mass is 804 g/mol. The highest BCUT2D eigenvalue weighted by Gasteiger charge is 2.23. The van der Waals surface area contributed by atoms with Gasteiger partial charge in [0.2, 0.25) is 0 Å². The molecule has 6 aromatic rings. The number of piperazine rings is 2. The maximum Gasteiger partial charge on any atom is 0.266 e. The number of fused-ring (bicyclic) bond motifs is 2. The molecule has 0 saturated carbocycles. The molecule has 10 nitrogen and oxygen atoms in total. The van der Waals surface area contributed by atoms with Crippen LogP contribution in [-0.2, 0) is 13.1 Å². The molecule has 1 N–H and O–H groups in total. The lowest BCUT2D eigenvalue weighted by atomic mass is 10.2. The number of halogens is 4. The fourth-order valence-corrected chi connectivity index (χ4v) is 8.10. The second-order valence-electron chi connectivity index (χ2n) is 13.2. The molecule has 2 aromatic heterocycles. The first kappa shape index (κ1) is 38.4. The molecule has 4 aromatic carbocycles. The first-order chi connectivity index (χ1) is 26.2. The Labute approximate surface area is 333 Å². The summed E-state index contributed by atoms with van der Waals surface area (Å²) in [6.45, 7) is 11.9. The molecular formula is C40H40Cl4N8O2. The SMILES string of the molecule is CCN1CCN(Cc2nc3ccccc3c(=O)n2-c2c(Cl)cccc2Cl)CC1.O=c1c2ccccc2nc(CN2CCNCC2)n1-c1c(Cl)cccc1Cl. The highest BCUT2D eigenvalue weighted by atomic mass is 35.5. The van der Waals surface area contributed by atoms with E-state index in [0.29, 0.717) is 78.0 Å². The van der Waals surface area contributed by atoms with Crippen LogP contribution in [0.2, 0.25) is 20.1 Å². The third kappa shape index (κ3) is 8.22. The zero-order valence-corrected chi connectivity index (χ0v) is 32.8. The minimum Gasteiger partial charge on any atom is -0.314 e. The van der Waals surface area contributed by atoms with Gasteiger partial charge in [-0.05, 0) is 55.1 Å². The zero-order chi connectivity index (χ0) is 37.8. The molecule has 2 saturated heterocycles. The minimum absolute atomic E-state index is 0.150. The molecule has 14 heteroatoms. The van der Waals surface area contributed by atoms with E-state index in [1.807, 2.05) is 36.4 Å². The Bertz CT molecular complexity index is 2360. The molecule has 0 atom stereocenters. The first-order valence-corrected chi connectivity index (χ1v) is 19.5. The summed E-state index contributed by atoms with van der Waals surface area (Å²) in [5.74, 6) is 1.30. The number of hydrogen-bond donors (Lipinski definition) is 1. The van der Waals surface area contributed by atoms with Gasteiger partial charge in [-0.15, -0.1) is 0 Å². The molecular weight excluding hydrogens is 766 g/mol. The van der Waals surface area contributed by atoms with E-state index < -0.39 is 0 Å². The lowest BCUT2D eigenvalue weighted by molar-refractivity contribution is 0.129. The van der Waals surface area contributed by atoms with E-state index in [2.05, 4.69) is 26.9 Å². The van der Waals surface area contributed by atoms with Gasteiger partial charge in [0, 0.05) is 52.4 Å². The van der Waals surface area contributed by atoms with Crippen LogP contribution in [0, 0.1) is 0 Å². The van der Waals surface area contributed by atoms with Crippen molar-refractivity contribution in [2.75, 3.05) is 58.9 Å². The number of para-hydroxylation sites is 4. The van der Waals surface area contributed by atoms with E-state index in [4.69, 9.17) is 56.4 Å². The average Bonchev–Trinajstić information content (AvgIpc) is 3.18. The predicted octanol–water partition coefficient (Wildman–Crippen LogP) is 6.93. The lowest BCUT2D eigenvalue weighted by Crippen LogP contribution is -2.46. The van der Waals surface area contributed by atoms with Gasteiger partial charge in [0.25, 0.3) is 11.1 Å². The Hall–Kier alpha value is -3.84. The fraction of sp³-hybridized carbons (Fsp3) is 0.300. The first-order valence-electron chi connectivity index (χ1n) is 18.0. The Balaban J connectivity index is 0.000000167. The van der Waals surface area contributed by atoms with E-state index >= 15 is 0 Å². The Morgan fingerprint density at radius 1 is 0.537 bits per heavy atom. The van der Waals surface area contributed by atoms with Gasteiger partial charge in [0.05, 0.1) is 66.4 Å². The van der Waals surface area contributed by atoms with Crippen molar-refractivity contribution in [3.05, 3.63) is 137 Å². The molecule has 0 bridgehead atoms. The Kier molecular flexibility index (Phi) is 12.3. The van der Waals surface area contributed by atoms with Crippen molar-refractivity contribution in [3.8, 4) is 11.4 Å². The van der Waals surface area contributed by atoms with E-state index in [1.54, 1.807) is 57.7 Å². The standard InChI is InChI=1S/C21H22Cl2N4O.C19H18Cl2N4O/c1-2-25-10-12-26(13-11-25)14-19-24-18-9-4-3-6-15(18)21(28)27(19)20-16(22)7-5-8-17(20)23;20-14-5-3-6-15(21)18(14)25-17(12-24-10-8-22-9-11-24)23-16-7-2-1-4-13(16)19(25)26/h3-9H,2,10-14H2,1H3;1-7,22H,8-12H2. The number of nitrogens with one attached hydrogen (secondary N) is 1. The molecule has 2 aliphatic rings. The summed E-state index contributed by atoms with van der Waals surface area (Å²) >= 11 is 25.7. The van der Waals surface area contributed by atoms with Crippen molar-refractivity contribution in [2.45, 2.75) is 20.0 Å². The van der Waals surface area contributed by atoms with E-state index in [9.17, 15) is 9.59 Å². The molecule has 2 fully saturated rings. The average molecular weight is 807 g/mol. The normalized spacial score (nSPS) is 15.7. The van der Waals surface area contributed by atoms with Gasteiger partial charge in [0.1, 0.15) is 11.6 Å². The topological polar surface area (TPSA) is 91.5 Å². The van der Waals surface area contributed by atoms with Crippen LogP contribution in [0.5, 0.6) is 0 Å². The van der Waals surface area contributed by atoms with Crippen molar-refractivity contribution in [3.63, 3.8) is 0 Å². The smallest absolute Gasteiger partial charge is 0.266 e. The highest BCUT2D eigenvalue weighted by molar-refractivity contribution is 6.38. The maximum absolute atomic E-state index is 13.4. The molecule has 8 rings (SSSR count). The number of hydrogen-bond acceptors (Lipinski definition) is 8. The molecule has 0 unspecified atom stereocenters. The molecule has 0 aliphatic carbocycles. The summed E-state index contributed by atoms with van der Waals surface area (Å²) in [6, 6.07) is 25.2. The summed E-state index contributed by atoms with van der Waals surface area (Å²) in [5.41, 5.74) is 2.05. The van der Waals surface area contributed by atoms with Gasteiger partial charge >= 0.3 is 0 Å². The van der Waals surface area contributed by atoms with E-state index in [-0.39, 0.29) is 11.1 Å². The highest BCUT2D eigenvalue weighted by Crippen LogP contribution is 2.30. The molecule has 0 amide bonds. The van der Waals surface area contributed by atoms with Crippen LogP contribution < -0.4 is 16.4 Å². The van der Waals surface area contributed by atoms with Crippen molar-refractivity contribution >= 4 is 68.2 Å².